The molecule has 4 rings (SSSR count). The van der Waals surface area contributed by atoms with E-state index in [9.17, 15) is 24.9 Å². The first-order valence-corrected chi connectivity index (χ1v) is 14.8. The lowest BCUT2D eigenvalue weighted by atomic mass is 9.92. The molecule has 0 aromatic carbocycles. The van der Waals surface area contributed by atoms with E-state index >= 15 is 0 Å². The van der Waals surface area contributed by atoms with Crippen LogP contribution in [0.3, 0.4) is 0 Å². The van der Waals surface area contributed by atoms with Crippen molar-refractivity contribution in [1.29, 1.82) is 0 Å². The minimum Gasteiger partial charge on any atom is -0.396 e. The lowest BCUT2D eigenvalue weighted by Crippen LogP contribution is -2.65. The van der Waals surface area contributed by atoms with Crippen molar-refractivity contribution in [3.63, 3.8) is 0 Å². The fourth-order valence-corrected chi connectivity index (χ4v) is 6.44. The van der Waals surface area contributed by atoms with Gasteiger partial charge >= 0.3 is 5.82 Å². The van der Waals surface area contributed by atoms with E-state index in [4.69, 9.17) is 25.2 Å². The largest absolute Gasteiger partial charge is 0.519 e. The molecule has 0 bridgehead atoms. The number of alkyl halides is 1. The summed E-state index contributed by atoms with van der Waals surface area (Å²) in [4.78, 5) is 27.4. The Bertz CT molecular complexity index is 967. The van der Waals surface area contributed by atoms with E-state index in [-0.39, 0.29) is 12.5 Å². The van der Waals surface area contributed by atoms with E-state index in [0.717, 1.165) is 18.8 Å². The molecule has 12 heteroatoms. The van der Waals surface area contributed by atoms with Crippen LogP contribution in [-0.2, 0) is 16.1 Å². The first-order valence-electron chi connectivity index (χ1n) is 13.1. The van der Waals surface area contributed by atoms with E-state index in [2.05, 4.69) is 5.32 Å². The van der Waals surface area contributed by atoms with Gasteiger partial charge in [-0.1, -0.05) is 12.8 Å². The standard InChI is InChI=1S/C25H39ClN2O8S/c1-12(26)18(22-20(30)19(29)21(31)24(36-22)37-3)27-23(32)16-7-6-15(10-14-4-5-14)8-9-28(16)11-17-13(2)34-25(33)35-17/h12,14-16,18-22,24,29-31H,4-11H2,1-3H3,(H,27,32). The Morgan fingerprint density at radius 1 is 1.11 bits per heavy atom. The second-order valence-electron chi connectivity index (χ2n) is 10.7. The number of nitrogens with zero attached hydrogens (tertiary/aromatic N) is 1. The predicted octanol–water partition coefficient (Wildman–Crippen LogP) is 1.59. The minimum absolute atomic E-state index is 0.259. The second-order valence-corrected chi connectivity index (χ2v) is 12.3. The summed E-state index contributed by atoms with van der Waals surface area (Å²) in [5.74, 6) is 1.07. The first kappa shape index (κ1) is 28.9. The van der Waals surface area contributed by atoms with Gasteiger partial charge in [0.2, 0.25) is 5.91 Å². The number of hydrogen-bond acceptors (Lipinski definition) is 10. The number of rotatable bonds is 9. The summed E-state index contributed by atoms with van der Waals surface area (Å²) >= 11 is 7.68. The Balaban J connectivity index is 1.52. The molecule has 9 unspecified atom stereocenters. The van der Waals surface area contributed by atoms with Gasteiger partial charge in [0.25, 0.3) is 0 Å². The summed E-state index contributed by atoms with van der Waals surface area (Å²) in [6, 6.07) is -1.34. The lowest BCUT2D eigenvalue weighted by molar-refractivity contribution is -0.205. The zero-order valence-corrected chi connectivity index (χ0v) is 23.1. The van der Waals surface area contributed by atoms with Gasteiger partial charge in [-0.15, -0.1) is 23.4 Å². The Morgan fingerprint density at radius 2 is 1.78 bits per heavy atom. The van der Waals surface area contributed by atoms with Crippen molar-refractivity contribution in [2.75, 3.05) is 12.8 Å². The monoisotopic (exact) mass is 562 g/mol. The number of amides is 1. The number of carbonyl (C=O) groups is 1. The van der Waals surface area contributed by atoms with E-state index in [0.29, 0.717) is 30.4 Å². The van der Waals surface area contributed by atoms with Crippen LogP contribution in [0.1, 0.15) is 57.0 Å². The number of aliphatic hydroxyl groups is 3. The average molecular weight is 563 g/mol. The lowest BCUT2D eigenvalue weighted by Gasteiger charge is -2.44. The summed E-state index contributed by atoms with van der Waals surface area (Å²) in [7, 11) is 0. The maximum Gasteiger partial charge on any atom is 0.519 e. The number of halogens is 1. The molecule has 1 amide bonds. The molecule has 1 aromatic heterocycles. The van der Waals surface area contributed by atoms with Crippen LogP contribution in [0.5, 0.6) is 0 Å². The summed E-state index contributed by atoms with van der Waals surface area (Å²) in [6.45, 7) is 4.27. The molecular weight excluding hydrogens is 524 g/mol. The molecule has 9 atom stereocenters. The number of aliphatic hydroxyl groups excluding tert-OH is 3. The molecule has 0 radical (unpaired) electrons. The molecule has 210 valence electrons. The molecule has 4 N–H and O–H groups in total. The summed E-state index contributed by atoms with van der Waals surface area (Å²) in [5, 5.41) is 33.7. The van der Waals surface area contributed by atoms with Crippen molar-refractivity contribution in [3.05, 3.63) is 22.1 Å². The van der Waals surface area contributed by atoms with Crippen molar-refractivity contribution in [3.8, 4) is 0 Å². The van der Waals surface area contributed by atoms with Crippen molar-refractivity contribution in [1.82, 2.24) is 10.2 Å². The fraction of sp³-hybridized carbons (Fsp3) is 0.840. The molecule has 3 aliphatic rings. The van der Waals surface area contributed by atoms with Gasteiger partial charge < -0.3 is 34.2 Å². The average Bonchev–Trinajstić information content (AvgIpc) is 3.64. The fourth-order valence-electron chi connectivity index (χ4n) is 5.56. The maximum atomic E-state index is 13.8. The Hall–Kier alpha value is -1.08. The van der Waals surface area contributed by atoms with E-state index in [1.165, 1.54) is 31.0 Å². The van der Waals surface area contributed by atoms with Crippen LogP contribution in [0, 0.1) is 18.8 Å². The van der Waals surface area contributed by atoms with E-state index in [1.54, 1.807) is 20.1 Å². The number of hydrogen-bond donors (Lipinski definition) is 4. The highest BCUT2D eigenvalue weighted by atomic mass is 35.5. The minimum atomic E-state index is -1.43. The molecule has 2 aliphatic heterocycles. The SMILES string of the molecule is CSC1OC(C(NC(=O)C2CCC(CC3CC3)CCN2Cc2oc(=O)oc2C)C(C)Cl)C(O)C(O)C1O. The van der Waals surface area contributed by atoms with Crippen LogP contribution in [-0.4, -0.2) is 86.2 Å². The van der Waals surface area contributed by atoms with Gasteiger partial charge in [-0.3, -0.25) is 9.69 Å². The van der Waals surface area contributed by atoms with Crippen molar-refractivity contribution >= 4 is 29.3 Å². The number of nitrogens with one attached hydrogen (secondary N) is 1. The van der Waals surface area contributed by atoms with Gasteiger partial charge in [0.15, 0.2) is 5.76 Å². The summed E-state index contributed by atoms with van der Waals surface area (Å²) in [5.41, 5.74) is -0.775. The molecule has 1 aliphatic carbocycles. The van der Waals surface area contributed by atoms with Crippen LogP contribution < -0.4 is 11.1 Å². The third kappa shape index (κ3) is 6.93. The number of aryl methyl sites for hydroxylation is 1. The van der Waals surface area contributed by atoms with E-state index in [1.807, 2.05) is 4.90 Å². The highest BCUT2D eigenvalue weighted by Gasteiger charge is 2.48. The molecule has 3 heterocycles. The van der Waals surface area contributed by atoms with Crippen LogP contribution in [0.2, 0.25) is 0 Å². The third-order valence-corrected chi connectivity index (χ3v) is 9.08. The predicted molar refractivity (Wildman–Crippen MR) is 138 cm³/mol. The van der Waals surface area contributed by atoms with Gasteiger partial charge in [0, 0.05) is 0 Å². The summed E-state index contributed by atoms with van der Waals surface area (Å²) < 4.78 is 16.2. The molecule has 3 fully saturated rings. The maximum absolute atomic E-state index is 13.8. The normalized spacial score (nSPS) is 35.1. The van der Waals surface area contributed by atoms with Crippen molar-refractivity contribution in [2.24, 2.45) is 11.8 Å². The van der Waals surface area contributed by atoms with Crippen LogP contribution in [0.15, 0.2) is 13.6 Å². The molecule has 1 aromatic rings. The van der Waals surface area contributed by atoms with E-state index < -0.39 is 53.1 Å². The quantitative estimate of drug-likeness (QED) is 0.327. The van der Waals surface area contributed by atoms with Gasteiger partial charge in [-0.25, -0.2) is 4.79 Å². The summed E-state index contributed by atoms with van der Waals surface area (Å²) in [6.07, 6.45) is 2.78. The zero-order valence-electron chi connectivity index (χ0n) is 21.5. The van der Waals surface area contributed by atoms with Crippen LogP contribution in [0.4, 0.5) is 0 Å². The highest BCUT2D eigenvalue weighted by Crippen LogP contribution is 2.39. The van der Waals surface area contributed by atoms with Gasteiger partial charge in [-0.05, 0) is 64.2 Å². The smallest absolute Gasteiger partial charge is 0.396 e. The number of ether oxygens (including phenoxy) is 1. The molecule has 0 spiro atoms. The molecule has 1 saturated carbocycles. The molecule has 37 heavy (non-hydrogen) atoms. The molecular formula is C25H39ClN2O8S. The van der Waals surface area contributed by atoms with Crippen molar-refractivity contribution in [2.45, 2.75) is 106 Å². The topological polar surface area (TPSA) is 146 Å². The zero-order chi connectivity index (χ0) is 26.9. The highest BCUT2D eigenvalue weighted by molar-refractivity contribution is 7.99. The Labute approximate surface area is 226 Å². The van der Waals surface area contributed by atoms with Gasteiger partial charge in [0.05, 0.1) is 24.0 Å². The third-order valence-electron chi connectivity index (χ3n) is 7.96. The second kappa shape index (κ2) is 12.4. The Morgan fingerprint density at radius 3 is 2.38 bits per heavy atom. The molecule has 10 nitrogen and oxygen atoms in total. The van der Waals surface area contributed by atoms with Crippen LogP contribution in [0.25, 0.3) is 0 Å². The number of likely N-dealkylation sites (tertiary alicyclic amines) is 1. The molecule has 2 saturated heterocycles. The first-order chi connectivity index (χ1) is 17.6. The number of thioether (sulfide) groups is 1. The Kier molecular flexibility index (Phi) is 9.69. The van der Waals surface area contributed by atoms with Gasteiger partial charge in [0.1, 0.15) is 35.6 Å². The number of carbonyl (C=O) groups excluding carboxylic acids is 1. The van der Waals surface area contributed by atoms with Gasteiger partial charge in [-0.2, -0.15) is 0 Å². The van der Waals surface area contributed by atoms with Crippen molar-refractivity contribution < 1.29 is 33.7 Å². The van der Waals surface area contributed by atoms with Crippen LogP contribution >= 0.6 is 23.4 Å².